The molecule has 1 aromatic rings. The van der Waals surface area contributed by atoms with Gasteiger partial charge in [0.05, 0.1) is 4.88 Å². The van der Waals surface area contributed by atoms with Gasteiger partial charge in [0, 0.05) is 36.0 Å². The van der Waals surface area contributed by atoms with Crippen LogP contribution in [0, 0.1) is 12.8 Å². The number of nitrogens with one attached hydrogen (secondary N) is 1. The number of carbonyl (C=O) groups is 2. The van der Waals surface area contributed by atoms with Gasteiger partial charge in [-0.25, -0.2) is 0 Å². The fourth-order valence-electron chi connectivity index (χ4n) is 4.07. The Labute approximate surface area is 160 Å². The molecule has 0 saturated carbocycles. The van der Waals surface area contributed by atoms with Gasteiger partial charge in [-0.15, -0.1) is 11.3 Å². The first kappa shape index (κ1) is 19.4. The van der Waals surface area contributed by atoms with E-state index in [1.54, 1.807) is 11.3 Å². The van der Waals surface area contributed by atoms with Crippen molar-refractivity contribution in [2.24, 2.45) is 5.92 Å². The second-order valence-corrected chi connectivity index (χ2v) is 9.20. The van der Waals surface area contributed by atoms with Crippen molar-refractivity contribution in [3.63, 3.8) is 0 Å². The van der Waals surface area contributed by atoms with Crippen molar-refractivity contribution < 1.29 is 9.59 Å². The number of hydrogen-bond donors (Lipinski definition) is 1. The van der Waals surface area contributed by atoms with Crippen molar-refractivity contribution in [2.45, 2.75) is 58.5 Å². The van der Waals surface area contributed by atoms with Gasteiger partial charge in [-0.05, 0) is 71.7 Å². The SMILES string of the molecule is Cc1ccc(C(=O)N2CCC(N3CCC(C(=O)NC(C)C)CC3)CC2)s1. The number of hydrogen-bond acceptors (Lipinski definition) is 4. The minimum absolute atomic E-state index is 0.164. The van der Waals surface area contributed by atoms with Gasteiger partial charge in [-0.1, -0.05) is 0 Å². The summed E-state index contributed by atoms with van der Waals surface area (Å²) in [5.41, 5.74) is 0. The normalized spacial score (nSPS) is 20.5. The first-order chi connectivity index (χ1) is 12.4. The third kappa shape index (κ3) is 4.65. The molecule has 0 atom stereocenters. The zero-order chi connectivity index (χ0) is 18.7. The van der Waals surface area contributed by atoms with Gasteiger partial charge < -0.3 is 15.1 Å². The van der Waals surface area contributed by atoms with Crippen LogP contribution in [0.3, 0.4) is 0 Å². The highest BCUT2D eigenvalue weighted by Gasteiger charge is 2.32. The Morgan fingerprint density at radius 1 is 1.08 bits per heavy atom. The predicted octanol–water partition coefficient (Wildman–Crippen LogP) is 2.90. The van der Waals surface area contributed by atoms with Crippen LogP contribution in [0.15, 0.2) is 12.1 Å². The molecular formula is C20H31N3O2S. The van der Waals surface area contributed by atoms with Gasteiger partial charge in [0.2, 0.25) is 5.91 Å². The lowest BCUT2D eigenvalue weighted by Crippen LogP contribution is -2.50. The Morgan fingerprint density at radius 3 is 2.27 bits per heavy atom. The van der Waals surface area contributed by atoms with E-state index in [0.29, 0.717) is 6.04 Å². The van der Waals surface area contributed by atoms with E-state index in [9.17, 15) is 9.59 Å². The molecule has 3 heterocycles. The van der Waals surface area contributed by atoms with Crippen molar-refractivity contribution in [1.82, 2.24) is 15.1 Å². The average molecular weight is 378 g/mol. The quantitative estimate of drug-likeness (QED) is 0.878. The molecule has 1 aromatic heterocycles. The van der Waals surface area contributed by atoms with Crippen molar-refractivity contribution in [3.8, 4) is 0 Å². The fraction of sp³-hybridized carbons (Fsp3) is 0.700. The average Bonchev–Trinajstić information content (AvgIpc) is 3.07. The summed E-state index contributed by atoms with van der Waals surface area (Å²) < 4.78 is 0. The summed E-state index contributed by atoms with van der Waals surface area (Å²) in [5.74, 6) is 0.564. The Bertz CT molecular complexity index is 627. The van der Waals surface area contributed by atoms with Gasteiger partial charge in [0.15, 0.2) is 0 Å². The summed E-state index contributed by atoms with van der Waals surface area (Å²) in [6, 6.07) is 4.74. The van der Waals surface area contributed by atoms with E-state index in [4.69, 9.17) is 0 Å². The van der Waals surface area contributed by atoms with Crippen LogP contribution in [0.4, 0.5) is 0 Å². The van der Waals surface area contributed by atoms with Crippen LogP contribution in [0.25, 0.3) is 0 Å². The largest absolute Gasteiger partial charge is 0.354 e. The lowest BCUT2D eigenvalue weighted by Gasteiger charge is -2.41. The summed E-state index contributed by atoms with van der Waals surface area (Å²) in [6.07, 6.45) is 3.98. The molecule has 2 aliphatic rings. The van der Waals surface area contributed by atoms with E-state index in [1.807, 2.05) is 37.8 Å². The molecule has 0 bridgehead atoms. The molecule has 0 aliphatic carbocycles. The molecule has 2 saturated heterocycles. The van der Waals surface area contributed by atoms with E-state index in [0.717, 1.165) is 56.7 Å². The fourth-order valence-corrected chi connectivity index (χ4v) is 4.90. The minimum atomic E-state index is 0.164. The van der Waals surface area contributed by atoms with Crippen LogP contribution in [0.1, 0.15) is 54.1 Å². The molecule has 6 heteroatoms. The van der Waals surface area contributed by atoms with Crippen LogP contribution in [-0.2, 0) is 4.79 Å². The van der Waals surface area contributed by atoms with Crippen LogP contribution in [0.5, 0.6) is 0 Å². The zero-order valence-corrected chi connectivity index (χ0v) is 17.0. The van der Waals surface area contributed by atoms with Crippen LogP contribution in [-0.4, -0.2) is 59.9 Å². The van der Waals surface area contributed by atoms with Gasteiger partial charge in [-0.2, -0.15) is 0 Å². The summed E-state index contributed by atoms with van der Waals surface area (Å²) >= 11 is 1.59. The van der Waals surface area contributed by atoms with Crippen molar-refractivity contribution in [1.29, 1.82) is 0 Å². The van der Waals surface area contributed by atoms with E-state index < -0.39 is 0 Å². The van der Waals surface area contributed by atoms with Gasteiger partial charge in [0.25, 0.3) is 5.91 Å². The van der Waals surface area contributed by atoms with E-state index in [1.165, 1.54) is 4.88 Å². The topological polar surface area (TPSA) is 52.7 Å². The van der Waals surface area contributed by atoms with Crippen molar-refractivity contribution in [3.05, 3.63) is 21.9 Å². The van der Waals surface area contributed by atoms with Crippen LogP contribution in [0.2, 0.25) is 0 Å². The molecule has 144 valence electrons. The predicted molar refractivity (Wildman–Crippen MR) is 106 cm³/mol. The van der Waals surface area contributed by atoms with Gasteiger partial charge >= 0.3 is 0 Å². The van der Waals surface area contributed by atoms with Crippen LogP contribution >= 0.6 is 11.3 Å². The standard InChI is InChI=1S/C20H31N3O2S/c1-14(2)21-19(24)16-6-10-22(11-7-16)17-8-12-23(13-9-17)20(25)18-5-4-15(3)26-18/h4-5,14,16-17H,6-13H2,1-3H3,(H,21,24). The summed E-state index contributed by atoms with van der Waals surface area (Å²) in [6.45, 7) is 9.75. The second-order valence-electron chi connectivity index (χ2n) is 7.91. The molecule has 0 unspecified atom stereocenters. The van der Waals surface area contributed by atoms with Crippen molar-refractivity contribution in [2.75, 3.05) is 26.2 Å². The Balaban J connectivity index is 1.44. The monoisotopic (exact) mass is 377 g/mol. The number of piperidine rings is 2. The zero-order valence-electron chi connectivity index (χ0n) is 16.2. The smallest absolute Gasteiger partial charge is 0.263 e. The van der Waals surface area contributed by atoms with E-state index >= 15 is 0 Å². The maximum absolute atomic E-state index is 12.6. The Morgan fingerprint density at radius 2 is 1.73 bits per heavy atom. The number of likely N-dealkylation sites (tertiary alicyclic amines) is 2. The lowest BCUT2D eigenvalue weighted by atomic mass is 9.92. The summed E-state index contributed by atoms with van der Waals surface area (Å²) in [4.78, 5) is 31.3. The molecular weight excluding hydrogens is 346 g/mol. The Kier molecular flexibility index (Phi) is 6.35. The number of carbonyl (C=O) groups excluding carboxylic acids is 2. The number of rotatable bonds is 4. The highest BCUT2D eigenvalue weighted by molar-refractivity contribution is 7.13. The minimum Gasteiger partial charge on any atom is -0.354 e. The molecule has 26 heavy (non-hydrogen) atoms. The first-order valence-corrected chi connectivity index (χ1v) is 10.7. The second kappa shape index (κ2) is 8.53. The molecule has 2 fully saturated rings. The first-order valence-electron chi connectivity index (χ1n) is 9.84. The maximum atomic E-state index is 12.6. The third-order valence-electron chi connectivity index (χ3n) is 5.55. The maximum Gasteiger partial charge on any atom is 0.263 e. The molecule has 0 aromatic carbocycles. The van der Waals surface area contributed by atoms with Crippen molar-refractivity contribution >= 4 is 23.2 Å². The summed E-state index contributed by atoms with van der Waals surface area (Å²) in [5, 5.41) is 3.04. The number of thiophene rings is 1. The number of amides is 2. The highest BCUT2D eigenvalue weighted by atomic mass is 32.1. The number of nitrogens with zero attached hydrogens (tertiary/aromatic N) is 2. The summed E-state index contributed by atoms with van der Waals surface area (Å²) in [7, 11) is 0. The molecule has 2 aliphatic heterocycles. The van der Waals surface area contributed by atoms with Crippen LogP contribution < -0.4 is 5.32 Å². The number of aryl methyl sites for hydroxylation is 1. The molecule has 0 radical (unpaired) electrons. The molecule has 0 spiro atoms. The highest BCUT2D eigenvalue weighted by Crippen LogP contribution is 2.26. The molecule has 3 rings (SSSR count). The molecule has 5 nitrogen and oxygen atoms in total. The van der Waals surface area contributed by atoms with Gasteiger partial charge in [-0.3, -0.25) is 9.59 Å². The lowest BCUT2D eigenvalue weighted by molar-refractivity contribution is -0.127. The third-order valence-corrected chi connectivity index (χ3v) is 6.54. The Hall–Kier alpha value is -1.40. The van der Waals surface area contributed by atoms with E-state index in [-0.39, 0.29) is 23.8 Å². The molecule has 1 N–H and O–H groups in total. The molecule has 2 amide bonds. The van der Waals surface area contributed by atoms with E-state index in [2.05, 4.69) is 10.2 Å². The van der Waals surface area contributed by atoms with Gasteiger partial charge in [0.1, 0.15) is 0 Å².